The van der Waals surface area contributed by atoms with Crippen molar-refractivity contribution >= 4 is 45.8 Å². The van der Waals surface area contributed by atoms with Crippen molar-refractivity contribution in [1.29, 1.82) is 0 Å². The molecule has 3 heterocycles. The first-order valence-electron chi connectivity index (χ1n) is 14.0. The highest BCUT2D eigenvalue weighted by atomic mass is 35.5. The number of H-pyrrole nitrogens is 1. The largest absolute Gasteiger partial charge is 0.362 e. The van der Waals surface area contributed by atoms with Crippen LogP contribution in [-0.4, -0.2) is 25.6 Å². The van der Waals surface area contributed by atoms with Gasteiger partial charge in [0.15, 0.2) is 5.82 Å². The molecule has 0 fully saturated rings. The number of nitrogens with zero attached hydrogens (tertiary/aromatic N) is 3. The van der Waals surface area contributed by atoms with Gasteiger partial charge in [0, 0.05) is 32.1 Å². The Bertz CT molecular complexity index is 2100. The number of benzene rings is 4. The van der Waals surface area contributed by atoms with E-state index in [9.17, 15) is 4.79 Å². The van der Waals surface area contributed by atoms with Crippen LogP contribution in [0.15, 0.2) is 120 Å². The summed E-state index contributed by atoms with van der Waals surface area (Å²) < 4.78 is 7.37. The zero-order valence-electron chi connectivity index (χ0n) is 23.5. The number of carbonyl (C=O) groups excluding carboxylic acids is 1. The van der Waals surface area contributed by atoms with Gasteiger partial charge < -0.3 is 19.4 Å². The molecule has 1 amide bonds. The number of amides is 1. The highest BCUT2D eigenvalue weighted by Gasteiger charge is 2.28. The second-order valence-corrected chi connectivity index (χ2v) is 11.3. The average Bonchev–Trinajstić information content (AvgIpc) is 3.78. The number of carbonyl (C=O) groups is 1. The molecule has 0 aliphatic heterocycles. The van der Waals surface area contributed by atoms with Crippen LogP contribution >= 0.6 is 23.2 Å². The zero-order valence-corrected chi connectivity index (χ0v) is 25.0. The van der Waals surface area contributed by atoms with E-state index in [1.807, 2.05) is 109 Å². The van der Waals surface area contributed by atoms with Gasteiger partial charge in [-0.3, -0.25) is 4.79 Å². The lowest BCUT2D eigenvalue weighted by Crippen LogP contribution is -2.15. The lowest BCUT2D eigenvalue weighted by molar-refractivity contribution is 0.102. The number of anilines is 1. The normalized spacial score (nSPS) is 12.0. The van der Waals surface area contributed by atoms with Crippen LogP contribution in [0.3, 0.4) is 0 Å². The van der Waals surface area contributed by atoms with E-state index in [0.717, 1.165) is 33.5 Å². The molecular formula is C35H25Cl2N5O2. The fourth-order valence-electron chi connectivity index (χ4n) is 5.52. The number of aromatic nitrogens is 4. The van der Waals surface area contributed by atoms with E-state index in [1.54, 1.807) is 0 Å². The van der Waals surface area contributed by atoms with Crippen LogP contribution in [0, 0.1) is 0 Å². The van der Waals surface area contributed by atoms with Gasteiger partial charge in [0.05, 0.1) is 29.3 Å². The summed E-state index contributed by atoms with van der Waals surface area (Å²) in [5.74, 6) is -0.0699. The number of rotatable bonds is 7. The van der Waals surface area contributed by atoms with Gasteiger partial charge in [0.1, 0.15) is 12.0 Å². The lowest BCUT2D eigenvalue weighted by Gasteiger charge is -2.19. The van der Waals surface area contributed by atoms with Crippen LogP contribution in [-0.2, 0) is 0 Å². The molecule has 0 aliphatic carbocycles. The van der Waals surface area contributed by atoms with Crippen molar-refractivity contribution in [2.24, 2.45) is 0 Å². The first kappa shape index (κ1) is 27.7. The van der Waals surface area contributed by atoms with Gasteiger partial charge in [0.2, 0.25) is 0 Å². The Morgan fingerprint density at radius 1 is 0.886 bits per heavy atom. The van der Waals surface area contributed by atoms with Gasteiger partial charge in [0.25, 0.3) is 5.91 Å². The summed E-state index contributed by atoms with van der Waals surface area (Å²) in [7, 11) is 0. The first-order valence-corrected chi connectivity index (χ1v) is 14.7. The monoisotopic (exact) mass is 617 g/mol. The molecule has 44 heavy (non-hydrogen) atoms. The highest BCUT2D eigenvalue weighted by molar-refractivity contribution is 6.31. The quantitative estimate of drug-likeness (QED) is 0.186. The smallest absolute Gasteiger partial charge is 0.274 e. The number of fused-ring (bicyclic) bond motifs is 1. The molecule has 0 radical (unpaired) electrons. The second kappa shape index (κ2) is 11.5. The van der Waals surface area contributed by atoms with E-state index < -0.39 is 0 Å². The fourth-order valence-corrected chi connectivity index (χ4v) is 5.81. The third-order valence-electron chi connectivity index (χ3n) is 7.72. The van der Waals surface area contributed by atoms with E-state index >= 15 is 0 Å². The predicted molar refractivity (Wildman–Crippen MR) is 175 cm³/mol. The summed E-state index contributed by atoms with van der Waals surface area (Å²) in [4.78, 5) is 22.4. The molecular weight excluding hydrogens is 593 g/mol. The van der Waals surface area contributed by atoms with Gasteiger partial charge in [-0.25, -0.2) is 4.98 Å². The fraction of sp³-hybridized carbons (Fsp3) is 0.0571. The number of imidazole rings is 1. The Hall–Kier alpha value is -5.11. The molecule has 2 N–H and O–H groups in total. The summed E-state index contributed by atoms with van der Waals surface area (Å²) >= 11 is 12.6. The Morgan fingerprint density at radius 2 is 1.57 bits per heavy atom. The molecule has 0 bridgehead atoms. The van der Waals surface area contributed by atoms with Gasteiger partial charge in [-0.2, -0.15) is 0 Å². The van der Waals surface area contributed by atoms with Crippen LogP contribution in [0.5, 0.6) is 0 Å². The van der Waals surface area contributed by atoms with Gasteiger partial charge >= 0.3 is 0 Å². The average molecular weight is 619 g/mol. The Kier molecular flexibility index (Phi) is 7.26. The summed E-state index contributed by atoms with van der Waals surface area (Å²) in [6.45, 7) is 2.09. The predicted octanol–water partition coefficient (Wildman–Crippen LogP) is 9.52. The third-order valence-corrected chi connectivity index (χ3v) is 8.21. The molecule has 7 nitrogen and oxygen atoms in total. The number of nitrogens with one attached hydrogen (secondary N) is 2. The SMILES string of the molecule is C[C@@H](c1ccc(Cl)cc1)n1cnc(-c2ccccc2)c1-c1c(C(=O)Nc2nocc2-c2ccccc2)[nH]c2cc(Cl)ccc12. The maximum atomic E-state index is 14.2. The molecule has 1 atom stereocenters. The number of aromatic amines is 1. The minimum atomic E-state index is -0.385. The summed E-state index contributed by atoms with van der Waals surface area (Å²) in [5, 5.41) is 9.11. The van der Waals surface area contributed by atoms with Gasteiger partial charge in [-0.15, -0.1) is 0 Å². The molecule has 0 unspecified atom stereocenters. The van der Waals surface area contributed by atoms with E-state index in [-0.39, 0.29) is 11.9 Å². The van der Waals surface area contributed by atoms with Crippen molar-refractivity contribution in [3.05, 3.63) is 137 Å². The maximum absolute atomic E-state index is 14.2. The molecule has 216 valence electrons. The van der Waals surface area contributed by atoms with Crippen molar-refractivity contribution in [2.75, 3.05) is 5.32 Å². The lowest BCUT2D eigenvalue weighted by atomic mass is 9.99. The highest BCUT2D eigenvalue weighted by Crippen LogP contribution is 2.41. The van der Waals surface area contributed by atoms with Crippen LogP contribution in [0.25, 0.3) is 44.5 Å². The molecule has 7 rings (SSSR count). The van der Waals surface area contributed by atoms with Gasteiger partial charge in [-0.1, -0.05) is 107 Å². The Labute approximate surface area is 263 Å². The van der Waals surface area contributed by atoms with Crippen molar-refractivity contribution in [3.8, 4) is 33.6 Å². The number of hydrogen-bond donors (Lipinski definition) is 2. The van der Waals surface area contributed by atoms with E-state index in [2.05, 4.69) is 26.9 Å². The maximum Gasteiger partial charge on any atom is 0.274 e. The molecule has 4 aromatic carbocycles. The van der Waals surface area contributed by atoms with Gasteiger partial charge in [-0.05, 0) is 42.3 Å². The Morgan fingerprint density at radius 3 is 2.30 bits per heavy atom. The Balaban J connectivity index is 1.42. The molecule has 7 aromatic rings. The first-order chi connectivity index (χ1) is 21.5. The van der Waals surface area contributed by atoms with E-state index in [0.29, 0.717) is 38.2 Å². The van der Waals surface area contributed by atoms with Crippen LogP contribution in [0.4, 0.5) is 5.82 Å². The molecule has 0 saturated carbocycles. The van der Waals surface area contributed by atoms with E-state index in [4.69, 9.17) is 32.7 Å². The van der Waals surface area contributed by atoms with Crippen molar-refractivity contribution in [3.63, 3.8) is 0 Å². The molecule has 0 saturated heterocycles. The number of halogens is 2. The van der Waals surface area contributed by atoms with Crippen LogP contribution in [0.1, 0.15) is 29.0 Å². The number of hydrogen-bond acceptors (Lipinski definition) is 4. The summed E-state index contributed by atoms with van der Waals surface area (Å²) in [6, 6.07) is 32.7. The third kappa shape index (κ3) is 5.06. The molecule has 3 aromatic heterocycles. The minimum absolute atomic E-state index is 0.138. The van der Waals surface area contributed by atoms with Crippen LogP contribution < -0.4 is 5.32 Å². The summed E-state index contributed by atoms with van der Waals surface area (Å²) in [5.41, 5.74) is 6.76. The minimum Gasteiger partial charge on any atom is -0.362 e. The summed E-state index contributed by atoms with van der Waals surface area (Å²) in [6.07, 6.45) is 3.34. The van der Waals surface area contributed by atoms with E-state index in [1.165, 1.54) is 6.26 Å². The van der Waals surface area contributed by atoms with Crippen molar-refractivity contribution in [2.45, 2.75) is 13.0 Å². The molecule has 0 aliphatic rings. The van der Waals surface area contributed by atoms with Crippen molar-refractivity contribution in [1.82, 2.24) is 19.7 Å². The molecule has 9 heteroatoms. The zero-order chi connectivity index (χ0) is 30.2. The molecule has 0 spiro atoms. The topological polar surface area (TPSA) is 88.7 Å². The second-order valence-electron chi connectivity index (χ2n) is 10.4. The standard InChI is InChI=1S/C35H25Cl2N5O2/c1-21(22-12-14-25(36)15-13-22)42-20-38-31(24-10-6-3-7-11-24)33(42)30-27-17-16-26(37)18-29(27)39-32(30)35(43)40-34-28(19-44-41-34)23-8-4-2-5-9-23/h2-21,39H,1H3,(H,40,41,43)/t21-/m0/s1. The van der Waals surface area contributed by atoms with Crippen molar-refractivity contribution < 1.29 is 9.32 Å². The van der Waals surface area contributed by atoms with Crippen LogP contribution in [0.2, 0.25) is 10.0 Å².